The zero-order valence-corrected chi connectivity index (χ0v) is 14.8. The van der Waals surface area contributed by atoms with Crippen molar-refractivity contribution in [2.24, 2.45) is 0 Å². The fraction of sp³-hybridized carbons (Fsp3) is 0.250. The molecule has 0 radical (unpaired) electrons. The van der Waals surface area contributed by atoms with E-state index in [1.807, 2.05) is 6.07 Å². The maximum Gasteiger partial charge on any atom is 0.216 e. The van der Waals surface area contributed by atoms with Gasteiger partial charge in [0.1, 0.15) is 6.54 Å². The van der Waals surface area contributed by atoms with Crippen LogP contribution in [0.4, 0.5) is 0 Å². The Bertz CT molecular complexity index is 849. The first-order valence-electron chi connectivity index (χ1n) is 8.10. The van der Waals surface area contributed by atoms with Crippen LogP contribution in [-0.4, -0.2) is 42.4 Å². The molecule has 0 aliphatic heterocycles. The second-order valence-electron chi connectivity index (χ2n) is 6.86. The smallest absolute Gasteiger partial charge is 0.216 e. The van der Waals surface area contributed by atoms with Gasteiger partial charge in [-0.25, -0.2) is 0 Å². The number of nitrogens with one attached hydrogen (secondary N) is 1. The van der Waals surface area contributed by atoms with Crippen LogP contribution in [0.2, 0.25) is 5.02 Å². The van der Waals surface area contributed by atoms with E-state index in [0.29, 0.717) is 16.1 Å². The average molecular weight is 342 g/mol. The monoisotopic (exact) mass is 341 g/mol. The number of benzene rings is 2. The van der Waals surface area contributed by atoms with Crippen molar-refractivity contribution in [2.45, 2.75) is 6.42 Å². The number of carbonyl (C=O) groups excluding carboxylic acids is 1. The van der Waals surface area contributed by atoms with Gasteiger partial charge in [-0.15, -0.1) is 0 Å². The van der Waals surface area contributed by atoms with Crippen LogP contribution < -0.4 is 0 Å². The fourth-order valence-electron chi connectivity index (χ4n) is 2.96. The van der Waals surface area contributed by atoms with Gasteiger partial charge in [-0.05, 0) is 35.9 Å². The van der Waals surface area contributed by atoms with Crippen LogP contribution in [0.5, 0.6) is 0 Å². The van der Waals surface area contributed by atoms with Gasteiger partial charge in [-0.3, -0.25) is 4.79 Å². The highest BCUT2D eigenvalue weighted by molar-refractivity contribution is 6.30. The number of quaternary nitrogens is 1. The first kappa shape index (κ1) is 16.7. The van der Waals surface area contributed by atoms with Crippen LogP contribution in [-0.2, 0) is 6.42 Å². The standard InChI is InChI=1S/C20H22ClN2O/c1-23(2,14-20(24)15-7-9-17(21)10-8-15)12-11-16-13-22-19-6-4-3-5-18(16)19/h3-10,13,22H,11-12,14H2,1-2H3/q+1. The molecule has 3 rings (SSSR count). The maximum absolute atomic E-state index is 12.5. The lowest BCUT2D eigenvalue weighted by Gasteiger charge is -2.29. The first-order chi connectivity index (χ1) is 11.4. The molecule has 0 saturated carbocycles. The van der Waals surface area contributed by atoms with E-state index >= 15 is 0 Å². The number of ketones is 1. The molecule has 0 spiro atoms. The highest BCUT2D eigenvalue weighted by atomic mass is 35.5. The summed E-state index contributed by atoms with van der Waals surface area (Å²) in [7, 11) is 4.20. The molecule has 0 aliphatic carbocycles. The van der Waals surface area contributed by atoms with Gasteiger partial charge in [0, 0.05) is 34.1 Å². The number of halogens is 1. The van der Waals surface area contributed by atoms with E-state index in [2.05, 4.69) is 43.5 Å². The van der Waals surface area contributed by atoms with Gasteiger partial charge < -0.3 is 9.47 Å². The minimum absolute atomic E-state index is 0.149. The number of hydrogen-bond acceptors (Lipinski definition) is 1. The quantitative estimate of drug-likeness (QED) is 0.525. The zero-order valence-electron chi connectivity index (χ0n) is 14.1. The van der Waals surface area contributed by atoms with Crippen LogP contribution in [0.25, 0.3) is 10.9 Å². The average Bonchev–Trinajstić information content (AvgIpc) is 2.96. The Labute approximate surface area is 147 Å². The van der Waals surface area contributed by atoms with Gasteiger partial charge in [0.25, 0.3) is 0 Å². The number of para-hydroxylation sites is 1. The summed E-state index contributed by atoms with van der Waals surface area (Å²) < 4.78 is 0.654. The number of aromatic amines is 1. The topological polar surface area (TPSA) is 32.9 Å². The third-order valence-corrected chi connectivity index (χ3v) is 4.65. The number of likely N-dealkylation sites (N-methyl/N-ethyl adjacent to an activating group) is 1. The second-order valence-corrected chi connectivity index (χ2v) is 7.29. The van der Waals surface area contributed by atoms with E-state index in [-0.39, 0.29) is 5.78 Å². The Morgan fingerprint density at radius 1 is 1.08 bits per heavy atom. The number of aromatic nitrogens is 1. The molecule has 0 atom stereocenters. The number of carbonyl (C=O) groups is 1. The molecular weight excluding hydrogens is 320 g/mol. The summed E-state index contributed by atoms with van der Waals surface area (Å²) in [5.74, 6) is 0.149. The number of hydrogen-bond donors (Lipinski definition) is 1. The maximum atomic E-state index is 12.5. The molecule has 0 bridgehead atoms. The zero-order chi connectivity index (χ0) is 17.2. The number of H-pyrrole nitrogens is 1. The molecule has 1 heterocycles. The normalized spacial score (nSPS) is 11.8. The summed E-state index contributed by atoms with van der Waals surface area (Å²) in [6.07, 6.45) is 3.01. The van der Waals surface area contributed by atoms with Crippen molar-refractivity contribution in [1.29, 1.82) is 0 Å². The summed E-state index contributed by atoms with van der Waals surface area (Å²) in [6, 6.07) is 15.4. The van der Waals surface area contributed by atoms with Gasteiger partial charge >= 0.3 is 0 Å². The van der Waals surface area contributed by atoms with Gasteiger partial charge in [0.05, 0.1) is 20.6 Å². The lowest BCUT2D eigenvalue weighted by Crippen LogP contribution is -2.45. The summed E-state index contributed by atoms with van der Waals surface area (Å²) in [6.45, 7) is 1.38. The van der Waals surface area contributed by atoms with Gasteiger partial charge in [-0.2, -0.15) is 0 Å². The van der Waals surface area contributed by atoms with Crippen molar-refractivity contribution in [3.05, 3.63) is 70.9 Å². The number of nitrogens with zero attached hydrogens (tertiary/aromatic N) is 1. The third-order valence-electron chi connectivity index (χ3n) is 4.40. The Balaban J connectivity index is 1.65. The number of Topliss-reactive ketones (excluding diaryl/α,β-unsaturated/α-hetero) is 1. The molecule has 0 fully saturated rings. The van der Waals surface area contributed by atoms with Crippen molar-refractivity contribution in [3.8, 4) is 0 Å². The molecule has 0 amide bonds. The van der Waals surface area contributed by atoms with Crippen LogP contribution in [0.15, 0.2) is 54.7 Å². The summed E-state index contributed by atoms with van der Waals surface area (Å²) in [4.78, 5) is 15.8. The molecule has 3 aromatic rings. The number of fused-ring (bicyclic) bond motifs is 1. The summed E-state index contributed by atoms with van der Waals surface area (Å²) in [5, 5.41) is 1.92. The van der Waals surface area contributed by atoms with Gasteiger partial charge in [0.15, 0.2) is 0 Å². The molecule has 124 valence electrons. The van der Waals surface area contributed by atoms with Crippen molar-refractivity contribution >= 4 is 28.3 Å². The van der Waals surface area contributed by atoms with Crippen LogP contribution in [0, 0.1) is 0 Å². The van der Waals surface area contributed by atoms with Crippen molar-refractivity contribution in [3.63, 3.8) is 0 Å². The highest BCUT2D eigenvalue weighted by Gasteiger charge is 2.21. The van der Waals surface area contributed by atoms with Crippen molar-refractivity contribution < 1.29 is 9.28 Å². The Morgan fingerprint density at radius 3 is 2.54 bits per heavy atom. The van der Waals surface area contributed by atoms with E-state index in [0.717, 1.165) is 24.0 Å². The molecule has 1 N–H and O–H groups in total. The molecular formula is C20H22ClN2O+. The van der Waals surface area contributed by atoms with E-state index in [1.165, 1.54) is 10.9 Å². The largest absolute Gasteiger partial charge is 0.361 e. The van der Waals surface area contributed by atoms with Crippen LogP contribution in [0.1, 0.15) is 15.9 Å². The number of rotatable bonds is 6. The van der Waals surface area contributed by atoms with Crippen molar-refractivity contribution in [2.75, 3.05) is 27.2 Å². The molecule has 4 heteroatoms. The Morgan fingerprint density at radius 2 is 1.79 bits per heavy atom. The van der Waals surface area contributed by atoms with Gasteiger partial charge in [-0.1, -0.05) is 29.8 Å². The lowest BCUT2D eigenvalue weighted by molar-refractivity contribution is -0.881. The molecule has 1 aromatic heterocycles. The molecule has 3 nitrogen and oxygen atoms in total. The summed E-state index contributed by atoms with van der Waals surface area (Å²) >= 11 is 5.89. The van der Waals surface area contributed by atoms with Crippen LogP contribution in [0.3, 0.4) is 0 Å². The minimum Gasteiger partial charge on any atom is -0.361 e. The van der Waals surface area contributed by atoms with Crippen LogP contribution >= 0.6 is 11.6 Å². The van der Waals surface area contributed by atoms with E-state index < -0.39 is 0 Å². The molecule has 0 aliphatic rings. The third kappa shape index (κ3) is 3.86. The second kappa shape index (κ2) is 6.80. The highest BCUT2D eigenvalue weighted by Crippen LogP contribution is 2.19. The van der Waals surface area contributed by atoms with Crippen molar-refractivity contribution in [1.82, 2.24) is 4.98 Å². The molecule has 24 heavy (non-hydrogen) atoms. The van der Waals surface area contributed by atoms with E-state index in [9.17, 15) is 4.79 Å². The predicted molar refractivity (Wildman–Crippen MR) is 99.6 cm³/mol. The lowest BCUT2D eigenvalue weighted by atomic mass is 10.1. The molecule has 2 aromatic carbocycles. The molecule has 0 unspecified atom stereocenters. The van der Waals surface area contributed by atoms with Gasteiger partial charge in [0.2, 0.25) is 5.78 Å². The first-order valence-corrected chi connectivity index (χ1v) is 8.48. The Hall–Kier alpha value is -2.10. The molecule has 0 saturated heterocycles. The van der Waals surface area contributed by atoms with E-state index in [1.54, 1.807) is 24.3 Å². The fourth-order valence-corrected chi connectivity index (χ4v) is 3.08. The minimum atomic E-state index is 0.149. The predicted octanol–water partition coefficient (Wildman–Crippen LogP) is 4.32. The Kier molecular flexibility index (Phi) is 4.74. The SMILES string of the molecule is C[N+](C)(CCc1c[nH]c2ccccc12)CC(=O)c1ccc(Cl)cc1. The summed E-state index contributed by atoms with van der Waals surface area (Å²) in [5.41, 5.74) is 3.18. The van der Waals surface area contributed by atoms with E-state index in [4.69, 9.17) is 11.6 Å².